The number of carbonyl (C=O) groups is 2. The highest BCUT2D eigenvalue weighted by Crippen LogP contribution is 2.27. The lowest BCUT2D eigenvalue weighted by Crippen LogP contribution is -2.28. The molecule has 0 aliphatic rings. The summed E-state index contributed by atoms with van der Waals surface area (Å²) in [6.07, 6.45) is 6.01. The molecule has 3 rings (SSSR count). The largest absolute Gasteiger partial charge is 0.348 e. The molecular weight excluding hydrogens is 424 g/mol. The van der Waals surface area contributed by atoms with Gasteiger partial charge >= 0.3 is 0 Å². The summed E-state index contributed by atoms with van der Waals surface area (Å²) in [4.78, 5) is 39.5. The zero-order chi connectivity index (χ0) is 23.3. The van der Waals surface area contributed by atoms with Crippen molar-refractivity contribution in [1.82, 2.24) is 14.9 Å². The van der Waals surface area contributed by atoms with Crippen molar-refractivity contribution >= 4 is 40.7 Å². The molecule has 7 nitrogen and oxygen atoms in total. The van der Waals surface area contributed by atoms with Crippen LogP contribution in [0.5, 0.6) is 0 Å². The second kappa shape index (κ2) is 9.60. The number of hydrogen-bond acceptors (Lipinski definition) is 6. The number of benzene rings is 1. The predicted molar refractivity (Wildman–Crippen MR) is 128 cm³/mol. The molecule has 8 heteroatoms. The third-order valence-corrected chi connectivity index (χ3v) is 5.53. The molecule has 1 amide bonds. The standard InChI is InChI=1S/C24H24N4O3S/c1-5-16-6-7-17(10-19(16)13-29)21-15-32-23(27-21)26-20(14-30)11-25-22(31)18-8-9-28(12-18)24(2,3)4/h5-10,12-13,15H,1,11H2,2-4H3,(H,25,31)(H,26,27). The lowest BCUT2D eigenvalue weighted by molar-refractivity contribution is 0.0956. The third kappa shape index (κ3) is 5.29. The molecule has 2 heterocycles. The number of thiazole rings is 1. The second-order valence-corrected chi connectivity index (χ2v) is 8.93. The Morgan fingerprint density at radius 2 is 2.06 bits per heavy atom. The van der Waals surface area contributed by atoms with Gasteiger partial charge < -0.3 is 15.2 Å². The van der Waals surface area contributed by atoms with Crippen LogP contribution in [0.4, 0.5) is 5.13 Å². The summed E-state index contributed by atoms with van der Waals surface area (Å²) in [5.74, 6) is 1.53. The maximum atomic E-state index is 12.4. The monoisotopic (exact) mass is 448 g/mol. The summed E-state index contributed by atoms with van der Waals surface area (Å²) in [5.41, 5.74) is 3.24. The van der Waals surface area contributed by atoms with Gasteiger partial charge in [0.2, 0.25) is 0 Å². The van der Waals surface area contributed by atoms with Crippen LogP contribution in [0.15, 0.2) is 54.3 Å². The van der Waals surface area contributed by atoms with Gasteiger partial charge in [-0.25, -0.2) is 9.78 Å². The predicted octanol–water partition coefficient (Wildman–Crippen LogP) is 4.38. The van der Waals surface area contributed by atoms with Crippen LogP contribution in [0.25, 0.3) is 17.3 Å². The van der Waals surface area contributed by atoms with E-state index in [4.69, 9.17) is 0 Å². The normalized spacial score (nSPS) is 10.8. The van der Waals surface area contributed by atoms with Gasteiger partial charge in [0.25, 0.3) is 5.91 Å². The molecule has 0 radical (unpaired) electrons. The average Bonchev–Trinajstić information content (AvgIpc) is 3.45. The Balaban J connectivity index is 1.64. The Morgan fingerprint density at radius 3 is 2.69 bits per heavy atom. The number of anilines is 1. The first kappa shape index (κ1) is 22.9. The Morgan fingerprint density at radius 1 is 1.28 bits per heavy atom. The SMILES string of the molecule is C=Cc1ccc(-c2csc(NC(=C=O)CNC(=O)c3ccn(C(C)(C)C)c3)n2)cc1C=O. The first-order valence-corrected chi connectivity index (χ1v) is 10.8. The molecule has 0 saturated carbocycles. The first-order valence-electron chi connectivity index (χ1n) is 9.90. The second-order valence-electron chi connectivity index (χ2n) is 8.07. The van der Waals surface area contributed by atoms with Gasteiger partial charge in [0.1, 0.15) is 11.6 Å². The van der Waals surface area contributed by atoms with Gasteiger partial charge in [-0.2, -0.15) is 0 Å². The maximum Gasteiger partial charge on any atom is 0.253 e. The molecule has 0 fully saturated rings. The summed E-state index contributed by atoms with van der Waals surface area (Å²) in [6.45, 7) is 9.81. The molecule has 164 valence electrons. The zero-order valence-electron chi connectivity index (χ0n) is 18.1. The quantitative estimate of drug-likeness (QED) is 0.394. The van der Waals surface area contributed by atoms with E-state index in [1.54, 1.807) is 30.5 Å². The Labute approximate surface area is 190 Å². The van der Waals surface area contributed by atoms with E-state index < -0.39 is 0 Å². The van der Waals surface area contributed by atoms with Gasteiger partial charge in [-0.05, 0) is 38.5 Å². The van der Waals surface area contributed by atoms with Crippen molar-refractivity contribution in [3.63, 3.8) is 0 Å². The van der Waals surface area contributed by atoms with Crippen LogP contribution in [0.3, 0.4) is 0 Å². The highest BCUT2D eigenvalue weighted by Gasteiger charge is 2.16. The number of aldehydes is 1. The van der Waals surface area contributed by atoms with E-state index in [0.29, 0.717) is 22.0 Å². The van der Waals surface area contributed by atoms with Gasteiger partial charge in [0.15, 0.2) is 11.4 Å². The van der Waals surface area contributed by atoms with Crippen LogP contribution in [0.2, 0.25) is 0 Å². The fourth-order valence-electron chi connectivity index (χ4n) is 2.94. The zero-order valence-corrected chi connectivity index (χ0v) is 19.0. The lowest BCUT2D eigenvalue weighted by Gasteiger charge is -2.20. The van der Waals surface area contributed by atoms with Gasteiger partial charge in [-0.3, -0.25) is 9.59 Å². The van der Waals surface area contributed by atoms with Gasteiger partial charge in [0.05, 0.1) is 17.8 Å². The fraction of sp³-hybridized carbons (Fsp3) is 0.208. The van der Waals surface area contributed by atoms with Gasteiger partial charge in [-0.1, -0.05) is 24.8 Å². The van der Waals surface area contributed by atoms with E-state index in [2.05, 4.69) is 22.2 Å². The smallest absolute Gasteiger partial charge is 0.253 e. The summed E-state index contributed by atoms with van der Waals surface area (Å²) in [6, 6.07) is 7.13. The number of amides is 1. The van der Waals surface area contributed by atoms with Crippen LogP contribution in [0.1, 0.15) is 47.1 Å². The molecule has 0 atom stereocenters. The highest BCUT2D eigenvalue weighted by molar-refractivity contribution is 7.14. The Bertz CT molecular complexity index is 1210. The third-order valence-electron chi connectivity index (χ3n) is 4.77. The summed E-state index contributed by atoms with van der Waals surface area (Å²) >= 11 is 1.30. The van der Waals surface area contributed by atoms with E-state index in [1.165, 1.54) is 11.3 Å². The maximum absolute atomic E-state index is 12.4. The van der Waals surface area contributed by atoms with Crippen molar-refractivity contribution in [1.29, 1.82) is 0 Å². The fourth-order valence-corrected chi connectivity index (χ4v) is 3.68. The van der Waals surface area contributed by atoms with E-state index >= 15 is 0 Å². The van der Waals surface area contributed by atoms with Crippen LogP contribution in [0, 0.1) is 0 Å². The number of carbonyl (C=O) groups excluding carboxylic acids is 3. The van der Waals surface area contributed by atoms with Crippen molar-refractivity contribution in [3.05, 3.63) is 71.0 Å². The topological polar surface area (TPSA) is 93.1 Å². The highest BCUT2D eigenvalue weighted by atomic mass is 32.1. The van der Waals surface area contributed by atoms with Crippen molar-refractivity contribution in [2.75, 3.05) is 11.9 Å². The molecule has 3 aromatic rings. The van der Waals surface area contributed by atoms with E-state index in [0.717, 1.165) is 17.4 Å². The van der Waals surface area contributed by atoms with Gasteiger partial charge in [-0.15, -0.1) is 11.3 Å². The molecule has 2 aromatic heterocycles. The van der Waals surface area contributed by atoms with Crippen molar-refractivity contribution < 1.29 is 14.4 Å². The number of rotatable bonds is 8. The van der Waals surface area contributed by atoms with E-state index in [1.807, 2.05) is 48.9 Å². The molecule has 0 bridgehead atoms. The van der Waals surface area contributed by atoms with Gasteiger partial charge in [0, 0.05) is 34.4 Å². The number of nitrogens with one attached hydrogen (secondary N) is 2. The summed E-state index contributed by atoms with van der Waals surface area (Å²) < 4.78 is 1.95. The Kier molecular flexibility index (Phi) is 6.88. The molecule has 2 N–H and O–H groups in total. The molecule has 0 aliphatic carbocycles. The van der Waals surface area contributed by atoms with Crippen LogP contribution in [-0.2, 0) is 10.3 Å². The van der Waals surface area contributed by atoms with E-state index in [9.17, 15) is 14.4 Å². The molecule has 0 unspecified atom stereocenters. The van der Waals surface area contributed by atoms with Crippen molar-refractivity contribution in [2.45, 2.75) is 26.3 Å². The summed E-state index contributed by atoms with van der Waals surface area (Å²) in [7, 11) is 0. The van der Waals surface area contributed by atoms with Crippen LogP contribution >= 0.6 is 11.3 Å². The van der Waals surface area contributed by atoms with E-state index in [-0.39, 0.29) is 23.7 Å². The summed E-state index contributed by atoms with van der Waals surface area (Å²) in [5, 5.41) is 7.91. The van der Waals surface area contributed by atoms with Crippen molar-refractivity contribution in [3.8, 4) is 11.3 Å². The van der Waals surface area contributed by atoms with Crippen LogP contribution in [-0.4, -0.2) is 34.2 Å². The molecule has 0 spiro atoms. The number of nitrogens with zero attached hydrogens (tertiary/aromatic N) is 2. The minimum Gasteiger partial charge on any atom is -0.348 e. The molecule has 32 heavy (non-hydrogen) atoms. The molecule has 0 aliphatic heterocycles. The first-order chi connectivity index (χ1) is 15.2. The molecule has 1 aromatic carbocycles. The number of aromatic nitrogens is 2. The molecule has 0 saturated heterocycles. The molecular formula is C24H24N4O3S. The van der Waals surface area contributed by atoms with Crippen molar-refractivity contribution in [2.24, 2.45) is 0 Å². The Hall–Kier alpha value is -3.74. The minimum absolute atomic E-state index is 0.0126. The lowest BCUT2D eigenvalue weighted by atomic mass is 10.0. The average molecular weight is 449 g/mol. The minimum atomic E-state index is -0.286. The van der Waals surface area contributed by atoms with Crippen LogP contribution < -0.4 is 10.6 Å². The number of hydrogen-bond donors (Lipinski definition) is 2.